The van der Waals surface area contributed by atoms with Crippen LogP contribution in [0.4, 0.5) is 5.69 Å². The van der Waals surface area contributed by atoms with Crippen LogP contribution in [0.5, 0.6) is 0 Å². The molecule has 0 bridgehead atoms. The summed E-state index contributed by atoms with van der Waals surface area (Å²) in [5.41, 5.74) is 0.329. The van der Waals surface area contributed by atoms with E-state index in [-0.39, 0.29) is 12.3 Å². The SMILES string of the molecule is CCNC(C)(C)C(=O)Nc1ccc(CC(=O)O)nc1. The van der Waals surface area contributed by atoms with Crippen molar-refractivity contribution in [2.24, 2.45) is 0 Å². The molecule has 0 atom stereocenters. The molecule has 0 aliphatic heterocycles. The maximum Gasteiger partial charge on any atom is 0.309 e. The van der Waals surface area contributed by atoms with E-state index in [1.54, 1.807) is 26.0 Å². The molecule has 0 aromatic carbocycles. The van der Waals surface area contributed by atoms with Gasteiger partial charge in [-0.3, -0.25) is 14.6 Å². The molecule has 0 spiro atoms. The first-order valence-electron chi connectivity index (χ1n) is 6.08. The van der Waals surface area contributed by atoms with Crippen molar-refractivity contribution < 1.29 is 14.7 Å². The summed E-state index contributed by atoms with van der Waals surface area (Å²) < 4.78 is 0. The van der Waals surface area contributed by atoms with E-state index < -0.39 is 11.5 Å². The summed E-state index contributed by atoms with van der Waals surface area (Å²) in [4.78, 5) is 26.5. The lowest BCUT2D eigenvalue weighted by molar-refractivity contribution is -0.136. The molecule has 0 saturated heterocycles. The van der Waals surface area contributed by atoms with Crippen LogP contribution in [0.1, 0.15) is 26.5 Å². The van der Waals surface area contributed by atoms with Gasteiger partial charge < -0.3 is 15.7 Å². The number of aromatic nitrogens is 1. The minimum Gasteiger partial charge on any atom is -0.481 e. The quantitative estimate of drug-likeness (QED) is 0.714. The number of carboxylic acids is 1. The lowest BCUT2D eigenvalue weighted by Crippen LogP contribution is -2.49. The van der Waals surface area contributed by atoms with Crippen molar-refractivity contribution in [2.45, 2.75) is 32.7 Å². The predicted molar refractivity (Wildman–Crippen MR) is 72.0 cm³/mol. The van der Waals surface area contributed by atoms with Gasteiger partial charge in [0.1, 0.15) is 0 Å². The van der Waals surface area contributed by atoms with Crippen LogP contribution >= 0.6 is 0 Å². The third-order valence-corrected chi connectivity index (χ3v) is 2.60. The molecule has 1 heterocycles. The smallest absolute Gasteiger partial charge is 0.309 e. The van der Waals surface area contributed by atoms with Gasteiger partial charge in [0.2, 0.25) is 5.91 Å². The third kappa shape index (κ3) is 4.67. The van der Waals surface area contributed by atoms with Gasteiger partial charge in [0.25, 0.3) is 0 Å². The van der Waals surface area contributed by atoms with Crippen molar-refractivity contribution in [1.82, 2.24) is 10.3 Å². The predicted octanol–water partition coefficient (Wildman–Crippen LogP) is 1.04. The molecule has 0 radical (unpaired) electrons. The Labute approximate surface area is 112 Å². The van der Waals surface area contributed by atoms with E-state index in [1.807, 2.05) is 6.92 Å². The van der Waals surface area contributed by atoms with E-state index in [0.717, 1.165) is 0 Å². The number of aliphatic carboxylic acids is 1. The number of nitrogens with zero attached hydrogens (tertiary/aromatic N) is 1. The highest BCUT2D eigenvalue weighted by Crippen LogP contribution is 2.11. The summed E-state index contributed by atoms with van der Waals surface area (Å²) in [5.74, 6) is -1.10. The average Bonchev–Trinajstić information content (AvgIpc) is 2.30. The van der Waals surface area contributed by atoms with Crippen LogP contribution in [0.25, 0.3) is 0 Å². The van der Waals surface area contributed by atoms with Gasteiger partial charge in [-0.1, -0.05) is 6.92 Å². The fourth-order valence-electron chi connectivity index (χ4n) is 1.57. The van der Waals surface area contributed by atoms with Gasteiger partial charge in [-0.15, -0.1) is 0 Å². The van der Waals surface area contributed by atoms with Crippen molar-refractivity contribution in [3.05, 3.63) is 24.0 Å². The Morgan fingerprint density at radius 2 is 2.05 bits per heavy atom. The molecular weight excluding hydrogens is 246 g/mol. The number of carbonyl (C=O) groups is 2. The second-order valence-corrected chi connectivity index (χ2v) is 4.72. The number of nitrogens with one attached hydrogen (secondary N) is 2. The molecule has 1 rings (SSSR count). The van der Waals surface area contributed by atoms with Crippen molar-refractivity contribution in [3.63, 3.8) is 0 Å². The van der Waals surface area contributed by atoms with E-state index >= 15 is 0 Å². The second kappa shape index (κ2) is 6.29. The van der Waals surface area contributed by atoms with Gasteiger partial charge in [-0.05, 0) is 32.5 Å². The number of carbonyl (C=O) groups excluding carboxylic acids is 1. The van der Waals surface area contributed by atoms with E-state index in [0.29, 0.717) is 17.9 Å². The molecule has 1 aromatic rings. The first-order valence-corrected chi connectivity index (χ1v) is 6.08. The molecule has 0 fully saturated rings. The van der Waals surface area contributed by atoms with E-state index in [4.69, 9.17) is 5.11 Å². The first kappa shape index (κ1) is 15.1. The number of pyridine rings is 1. The number of carboxylic acid groups (broad SMARTS) is 1. The normalized spacial score (nSPS) is 11.1. The summed E-state index contributed by atoms with van der Waals surface area (Å²) in [6, 6.07) is 3.23. The minimum absolute atomic E-state index is 0.128. The van der Waals surface area contributed by atoms with Gasteiger partial charge in [-0.2, -0.15) is 0 Å². The maximum absolute atomic E-state index is 12.0. The first-order chi connectivity index (χ1) is 8.85. The highest BCUT2D eigenvalue weighted by atomic mass is 16.4. The highest BCUT2D eigenvalue weighted by molar-refractivity contribution is 5.97. The standard InChI is InChI=1S/C13H19N3O3/c1-4-15-13(2,3)12(19)16-10-6-5-9(14-8-10)7-11(17)18/h5-6,8,15H,4,7H2,1-3H3,(H,16,19)(H,17,18). The van der Waals surface area contributed by atoms with Crippen molar-refractivity contribution in [2.75, 3.05) is 11.9 Å². The van der Waals surface area contributed by atoms with Crippen LogP contribution in [0.15, 0.2) is 18.3 Å². The highest BCUT2D eigenvalue weighted by Gasteiger charge is 2.26. The van der Waals surface area contributed by atoms with Gasteiger partial charge in [0.15, 0.2) is 0 Å². The zero-order valence-electron chi connectivity index (χ0n) is 11.4. The van der Waals surface area contributed by atoms with Gasteiger partial charge in [0, 0.05) is 0 Å². The number of amides is 1. The second-order valence-electron chi connectivity index (χ2n) is 4.72. The lowest BCUT2D eigenvalue weighted by atomic mass is 10.0. The zero-order chi connectivity index (χ0) is 14.5. The molecular formula is C13H19N3O3. The molecule has 0 unspecified atom stereocenters. The Balaban J connectivity index is 2.67. The van der Waals surface area contributed by atoms with E-state index in [1.165, 1.54) is 6.20 Å². The van der Waals surface area contributed by atoms with Crippen LogP contribution < -0.4 is 10.6 Å². The average molecular weight is 265 g/mol. The Hall–Kier alpha value is -1.95. The zero-order valence-corrected chi connectivity index (χ0v) is 11.4. The Morgan fingerprint density at radius 1 is 1.37 bits per heavy atom. The third-order valence-electron chi connectivity index (χ3n) is 2.60. The molecule has 1 aromatic heterocycles. The minimum atomic E-state index is -0.933. The molecule has 6 heteroatoms. The van der Waals surface area contributed by atoms with Crippen LogP contribution in [-0.2, 0) is 16.0 Å². The molecule has 0 aliphatic rings. The monoisotopic (exact) mass is 265 g/mol. The molecule has 3 N–H and O–H groups in total. The molecule has 1 amide bonds. The van der Waals surface area contributed by atoms with E-state index in [2.05, 4.69) is 15.6 Å². The lowest BCUT2D eigenvalue weighted by Gasteiger charge is -2.24. The summed E-state index contributed by atoms with van der Waals surface area (Å²) in [6.45, 7) is 6.20. The maximum atomic E-state index is 12.0. The summed E-state index contributed by atoms with van der Waals surface area (Å²) in [5, 5.41) is 14.4. The summed E-state index contributed by atoms with van der Waals surface area (Å²) in [6.07, 6.45) is 1.33. The molecule has 0 saturated carbocycles. The van der Waals surface area contributed by atoms with Crippen LogP contribution in [0, 0.1) is 0 Å². The Kier molecular flexibility index (Phi) is 5.00. The number of rotatable bonds is 6. The summed E-state index contributed by atoms with van der Waals surface area (Å²) >= 11 is 0. The molecule has 6 nitrogen and oxygen atoms in total. The molecule has 104 valence electrons. The van der Waals surface area contributed by atoms with E-state index in [9.17, 15) is 9.59 Å². The number of likely N-dealkylation sites (N-methyl/N-ethyl adjacent to an activating group) is 1. The van der Waals surface area contributed by atoms with Gasteiger partial charge in [0.05, 0.1) is 29.5 Å². The van der Waals surface area contributed by atoms with Gasteiger partial charge >= 0.3 is 5.97 Å². The molecule has 19 heavy (non-hydrogen) atoms. The number of hydrogen-bond donors (Lipinski definition) is 3. The van der Waals surface area contributed by atoms with Gasteiger partial charge in [-0.25, -0.2) is 0 Å². The largest absolute Gasteiger partial charge is 0.481 e. The number of hydrogen-bond acceptors (Lipinski definition) is 4. The van der Waals surface area contributed by atoms with Crippen molar-refractivity contribution in [3.8, 4) is 0 Å². The summed E-state index contributed by atoms with van der Waals surface area (Å²) in [7, 11) is 0. The Bertz CT molecular complexity index is 455. The topological polar surface area (TPSA) is 91.3 Å². The fourth-order valence-corrected chi connectivity index (χ4v) is 1.57. The van der Waals surface area contributed by atoms with Crippen LogP contribution in [0.2, 0.25) is 0 Å². The molecule has 0 aliphatic carbocycles. The van der Waals surface area contributed by atoms with Crippen LogP contribution in [0.3, 0.4) is 0 Å². The number of anilines is 1. The fraction of sp³-hybridized carbons (Fsp3) is 0.462. The van der Waals surface area contributed by atoms with Crippen molar-refractivity contribution >= 4 is 17.6 Å². The Morgan fingerprint density at radius 3 is 2.53 bits per heavy atom. The van der Waals surface area contributed by atoms with Crippen LogP contribution in [-0.4, -0.2) is 34.1 Å². The van der Waals surface area contributed by atoms with Crippen molar-refractivity contribution in [1.29, 1.82) is 0 Å².